The van der Waals surface area contributed by atoms with Gasteiger partial charge >= 0.3 is 12.4 Å². The third-order valence-corrected chi connectivity index (χ3v) is 15.7. The summed E-state index contributed by atoms with van der Waals surface area (Å²) in [4.78, 5) is 15.1. The molecule has 12 rings (SSSR count). The molecule has 0 amide bonds. The van der Waals surface area contributed by atoms with Crippen LogP contribution in [0.4, 0.5) is 26.3 Å². The summed E-state index contributed by atoms with van der Waals surface area (Å²) in [5.41, 5.74) is 5.87. The second-order valence-electron chi connectivity index (χ2n) is 18.9. The molecule has 2 saturated carbocycles. The van der Waals surface area contributed by atoms with Gasteiger partial charge in [-0.2, -0.15) is 26.3 Å². The quantitative estimate of drug-likeness (QED) is 0.122. The van der Waals surface area contributed by atoms with Crippen molar-refractivity contribution in [3.05, 3.63) is 186 Å². The zero-order chi connectivity index (χ0) is 48.5. The molecule has 2 unspecified atom stereocenters. The molecule has 3 heterocycles. The molecule has 70 heavy (non-hydrogen) atoms. The molecule has 0 saturated heterocycles. The molecular formula is C58H42F6N6. The average Bonchev–Trinajstić information content (AvgIpc) is 3.66. The molecule has 6 nitrogen and oxygen atoms in total. The number of para-hydroxylation sites is 2. The highest BCUT2D eigenvalue weighted by molar-refractivity contribution is 6.11. The lowest BCUT2D eigenvalue weighted by atomic mass is 9.60. The van der Waals surface area contributed by atoms with Crippen molar-refractivity contribution in [2.45, 2.75) is 39.7 Å². The maximum Gasteiger partial charge on any atom is 0.416 e. The third kappa shape index (κ3) is 6.34. The van der Waals surface area contributed by atoms with E-state index in [9.17, 15) is 26.3 Å². The Kier molecular flexibility index (Phi) is 9.50. The van der Waals surface area contributed by atoms with Crippen molar-refractivity contribution < 1.29 is 26.3 Å². The molecular weight excluding hydrogens is 895 g/mol. The van der Waals surface area contributed by atoms with E-state index < -0.39 is 23.5 Å². The van der Waals surface area contributed by atoms with Crippen LogP contribution in [-0.4, -0.2) is 30.3 Å². The standard InChI is InChI=1S/C58H42F6N6/c1-33-55(2)45(31-65)51(56(33,55)3)44(32-69-46-20-12-10-18-39(46)42-29-37(57(59,60)61)23-26-47(42)69)41-28-36(54-67-52(34-14-6-4-7-15-34)66-53(68-54)35-16-8-5-9-17-35)22-25-49(41)70-48-21-13-11-19-40(48)43-30-38(58(62,63)64)24-27-50(43)70/h4-31,33,45,65H,32H2,1-3H3/b51-44+,65-31?/t33-,45+,55?,56?/m1/s1. The number of benzene rings is 7. The number of rotatable bonds is 8. The smallest absolute Gasteiger partial charge is 0.336 e. The molecule has 2 aliphatic carbocycles. The van der Waals surface area contributed by atoms with Gasteiger partial charge in [-0.05, 0) is 94.6 Å². The normalized spacial score (nSPS) is 20.8. The summed E-state index contributed by atoms with van der Waals surface area (Å²) < 4.78 is 90.4. The topological polar surface area (TPSA) is 72.4 Å². The first kappa shape index (κ1) is 43.4. The maximum atomic E-state index is 14.4. The van der Waals surface area contributed by atoms with Gasteiger partial charge in [0.25, 0.3) is 0 Å². The summed E-state index contributed by atoms with van der Waals surface area (Å²) in [6.45, 7) is 6.81. The predicted molar refractivity (Wildman–Crippen MR) is 264 cm³/mol. The van der Waals surface area contributed by atoms with Crippen LogP contribution in [-0.2, 0) is 18.9 Å². The molecule has 10 aromatic rings. The van der Waals surface area contributed by atoms with Crippen LogP contribution in [0, 0.1) is 28.1 Å². The van der Waals surface area contributed by atoms with Crippen LogP contribution in [0.2, 0.25) is 0 Å². The van der Waals surface area contributed by atoms with Crippen LogP contribution in [0.3, 0.4) is 0 Å². The van der Waals surface area contributed by atoms with Crippen molar-refractivity contribution in [1.82, 2.24) is 24.1 Å². The van der Waals surface area contributed by atoms with Crippen molar-refractivity contribution in [3.8, 4) is 39.9 Å². The highest BCUT2D eigenvalue weighted by atomic mass is 19.4. The average molecular weight is 937 g/mol. The molecule has 3 aromatic heterocycles. The van der Waals surface area contributed by atoms with Crippen molar-refractivity contribution in [2.24, 2.45) is 22.7 Å². The molecule has 0 bridgehead atoms. The summed E-state index contributed by atoms with van der Waals surface area (Å²) in [5, 5.41) is 11.1. The number of hydrogen-bond acceptors (Lipinski definition) is 4. The van der Waals surface area contributed by atoms with E-state index in [-0.39, 0.29) is 29.2 Å². The van der Waals surface area contributed by atoms with Gasteiger partial charge in [-0.3, -0.25) is 0 Å². The van der Waals surface area contributed by atoms with Gasteiger partial charge in [0.2, 0.25) is 0 Å². The summed E-state index contributed by atoms with van der Waals surface area (Å²) >= 11 is 0. The van der Waals surface area contributed by atoms with Crippen LogP contribution in [0.25, 0.3) is 89.0 Å². The Morgan fingerprint density at radius 3 is 1.60 bits per heavy atom. The van der Waals surface area contributed by atoms with Crippen molar-refractivity contribution in [2.75, 3.05) is 0 Å². The van der Waals surface area contributed by atoms with Gasteiger partial charge in [0, 0.05) is 73.5 Å². The Hall–Kier alpha value is -7.86. The third-order valence-electron chi connectivity index (χ3n) is 15.7. The van der Waals surface area contributed by atoms with Gasteiger partial charge in [0.05, 0.1) is 27.8 Å². The maximum absolute atomic E-state index is 14.4. The van der Waals surface area contributed by atoms with E-state index in [1.807, 2.05) is 132 Å². The lowest BCUT2D eigenvalue weighted by Crippen LogP contribution is -2.38. The molecule has 2 fully saturated rings. The van der Waals surface area contributed by atoms with Gasteiger partial charge in [-0.15, -0.1) is 0 Å². The molecule has 0 spiro atoms. The largest absolute Gasteiger partial charge is 0.416 e. The molecule has 7 aromatic carbocycles. The van der Waals surface area contributed by atoms with Gasteiger partial charge < -0.3 is 14.5 Å². The van der Waals surface area contributed by atoms with Crippen LogP contribution < -0.4 is 0 Å². The van der Waals surface area contributed by atoms with E-state index in [4.69, 9.17) is 20.4 Å². The molecule has 0 aliphatic heterocycles. The number of aromatic nitrogens is 5. The van der Waals surface area contributed by atoms with Gasteiger partial charge in [-0.1, -0.05) is 118 Å². The zero-order valence-electron chi connectivity index (χ0n) is 38.0. The molecule has 4 atom stereocenters. The Balaban J connectivity index is 1.19. The zero-order valence-corrected chi connectivity index (χ0v) is 38.0. The van der Waals surface area contributed by atoms with Crippen LogP contribution in [0.15, 0.2) is 169 Å². The minimum absolute atomic E-state index is 0.176. The predicted octanol–water partition coefficient (Wildman–Crippen LogP) is 15.5. The van der Waals surface area contributed by atoms with E-state index in [0.717, 1.165) is 39.9 Å². The molecule has 0 radical (unpaired) electrons. The fourth-order valence-corrected chi connectivity index (χ4v) is 11.8. The number of hydrogen-bond donors (Lipinski definition) is 1. The first-order chi connectivity index (χ1) is 33.6. The molecule has 1 N–H and O–H groups in total. The second kappa shape index (κ2) is 15.3. The summed E-state index contributed by atoms with van der Waals surface area (Å²) in [6.07, 6.45) is -7.64. The summed E-state index contributed by atoms with van der Waals surface area (Å²) in [7, 11) is 0. The first-order valence-electron chi connectivity index (χ1n) is 23.1. The van der Waals surface area contributed by atoms with Crippen LogP contribution >= 0.6 is 0 Å². The Morgan fingerprint density at radius 1 is 0.557 bits per heavy atom. The number of halogens is 6. The van der Waals surface area contributed by atoms with E-state index in [1.165, 1.54) is 30.5 Å². The van der Waals surface area contributed by atoms with E-state index in [1.54, 1.807) is 0 Å². The van der Waals surface area contributed by atoms with E-state index >= 15 is 0 Å². The van der Waals surface area contributed by atoms with Crippen LogP contribution in [0.1, 0.15) is 37.5 Å². The Labute approximate surface area is 398 Å². The minimum Gasteiger partial charge on any atom is -0.336 e. The second-order valence-corrected chi connectivity index (χ2v) is 18.9. The number of nitrogens with one attached hydrogen (secondary N) is 1. The van der Waals surface area contributed by atoms with Crippen molar-refractivity contribution >= 4 is 55.4 Å². The molecule has 2 aliphatic rings. The van der Waals surface area contributed by atoms with Crippen molar-refractivity contribution in [1.29, 1.82) is 5.41 Å². The number of alkyl halides is 6. The van der Waals surface area contributed by atoms with E-state index in [2.05, 4.69) is 25.3 Å². The number of nitrogens with zero attached hydrogens (tertiary/aromatic N) is 5. The monoisotopic (exact) mass is 936 g/mol. The minimum atomic E-state index is -4.58. The molecule has 12 heteroatoms. The molecule has 346 valence electrons. The van der Waals surface area contributed by atoms with Gasteiger partial charge in [-0.25, -0.2) is 15.0 Å². The highest BCUT2D eigenvalue weighted by Gasteiger charge is 2.82. The fraction of sp³-hybridized carbons (Fsp3) is 0.172. The van der Waals surface area contributed by atoms with Gasteiger partial charge in [0.15, 0.2) is 17.5 Å². The highest BCUT2D eigenvalue weighted by Crippen LogP contribution is 2.86. The SMILES string of the molecule is C[C@H]1C2(C)/C(=C(\Cn3c4ccccc4c4cc(C(F)(F)F)ccc43)c3cc(-c4nc(-c5ccccc5)nc(-c5ccccc5)n4)ccc3-n3c4ccccc4c4cc(C(F)(F)F)ccc43)[C@H](C=N)C12C. The lowest BCUT2D eigenvalue weighted by Gasteiger charge is -2.43. The first-order valence-corrected chi connectivity index (χ1v) is 23.1. The lowest BCUT2D eigenvalue weighted by molar-refractivity contribution is -0.138. The fourth-order valence-electron chi connectivity index (χ4n) is 11.8. The Bertz CT molecular complexity index is 3760. The van der Waals surface area contributed by atoms with E-state index in [0.29, 0.717) is 72.4 Å². The number of allylic oxidation sites excluding steroid dienone is 2. The summed E-state index contributed by atoms with van der Waals surface area (Å²) in [6, 6.07) is 47.7. The summed E-state index contributed by atoms with van der Waals surface area (Å²) in [5.74, 6) is 1.18. The van der Waals surface area contributed by atoms with Gasteiger partial charge in [0.1, 0.15) is 0 Å². The Morgan fingerprint density at radius 2 is 1.03 bits per heavy atom. The van der Waals surface area contributed by atoms with Crippen molar-refractivity contribution in [3.63, 3.8) is 0 Å². The van der Waals surface area contributed by atoms with Crippen LogP contribution in [0.5, 0.6) is 0 Å². The number of fused-ring (bicyclic) bond motifs is 7.